The van der Waals surface area contributed by atoms with Crippen LogP contribution in [0.4, 0.5) is 10.3 Å². The smallest absolute Gasteiger partial charge is 0.236 e. The van der Waals surface area contributed by atoms with Crippen LogP contribution in [0.2, 0.25) is 0 Å². The van der Waals surface area contributed by atoms with Gasteiger partial charge in [0.05, 0.1) is 0 Å². The molecule has 3 rings (SSSR count). The van der Waals surface area contributed by atoms with Gasteiger partial charge in [-0.2, -0.15) is 10.2 Å². The van der Waals surface area contributed by atoms with Gasteiger partial charge in [-0.15, -0.1) is 0 Å². The fourth-order valence-electron chi connectivity index (χ4n) is 2.01. The molecule has 0 radical (unpaired) electrons. The minimum atomic E-state index is -0.473. The molecule has 1 aromatic carbocycles. The zero-order valence-corrected chi connectivity index (χ0v) is 12.6. The summed E-state index contributed by atoms with van der Waals surface area (Å²) in [5.74, 6) is 0.0514. The summed E-state index contributed by atoms with van der Waals surface area (Å²) in [6.45, 7) is 0.357. The molecule has 0 saturated heterocycles. The molecule has 6 nitrogen and oxygen atoms in total. The number of para-hydroxylation sites is 1. The Kier molecular flexibility index (Phi) is 4.68. The van der Waals surface area contributed by atoms with Crippen molar-refractivity contribution in [3.63, 3.8) is 0 Å². The highest BCUT2D eigenvalue weighted by molar-refractivity contribution is 5.45. The van der Waals surface area contributed by atoms with Crippen LogP contribution in [0, 0.1) is 17.1 Å². The van der Waals surface area contributed by atoms with E-state index in [0.717, 1.165) is 5.56 Å². The molecule has 0 aliphatic carbocycles. The fourth-order valence-corrected chi connectivity index (χ4v) is 2.01. The van der Waals surface area contributed by atoms with Crippen LogP contribution in [0.15, 0.2) is 53.2 Å². The average molecular weight is 324 g/mol. The molecule has 24 heavy (non-hydrogen) atoms. The van der Waals surface area contributed by atoms with E-state index in [0.29, 0.717) is 6.54 Å². The quantitative estimate of drug-likeness (QED) is 0.749. The van der Waals surface area contributed by atoms with Gasteiger partial charge < -0.3 is 14.5 Å². The number of rotatable bonds is 6. The van der Waals surface area contributed by atoms with Gasteiger partial charge in [0.15, 0.2) is 18.2 Å². The molecule has 0 amide bonds. The lowest BCUT2D eigenvalue weighted by Gasteiger charge is -2.04. The van der Waals surface area contributed by atoms with Crippen molar-refractivity contribution in [3.05, 3.63) is 71.8 Å². The number of aromatic nitrogens is 2. The summed E-state index contributed by atoms with van der Waals surface area (Å²) in [6, 6.07) is 11.7. The van der Waals surface area contributed by atoms with Crippen LogP contribution in [0.5, 0.6) is 5.75 Å². The van der Waals surface area contributed by atoms with E-state index < -0.39 is 5.82 Å². The van der Waals surface area contributed by atoms with Crippen LogP contribution in [-0.2, 0) is 13.2 Å². The van der Waals surface area contributed by atoms with E-state index in [-0.39, 0.29) is 29.8 Å². The van der Waals surface area contributed by atoms with E-state index >= 15 is 0 Å². The van der Waals surface area contributed by atoms with Crippen molar-refractivity contribution in [2.45, 2.75) is 13.2 Å². The first-order valence-corrected chi connectivity index (χ1v) is 7.16. The molecule has 7 heteroatoms. The largest absolute Gasteiger partial charge is 0.481 e. The van der Waals surface area contributed by atoms with Crippen LogP contribution in [-0.4, -0.2) is 9.97 Å². The molecular weight excluding hydrogens is 311 g/mol. The van der Waals surface area contributed by atoms with Crippen LogP contribution in [0.3, 0.4) is 0 Å². The standard InChI is InChI=1S/C17H13FN4O2/c18-13-5-1-2-6-15(13)23-11-16-22-14(8-19)17(24-16)21-10-12-4-3-7-20-9-12/h1-7,9,21H,10-11H2. The zero-order valence-electron chi connectivity index (χ0n) is 12.6. The predicted molar refractivity (Wildman–Crippen MR) is 83.5 cm³/mol. The normalized spacial score (nSPS) is 10.2. The molecule has 0 atom stereocenters. The minimum Gasteiger partial charge on any atom is -0.481 e. The first-order chi connectivity index (χ1) is 11.8. The Morgan fingerprint density at radius 1 is 1.25 bits per heavy atom. The second-order valence-corrected chi connectivity index (χ2v) is 4.83. The summed E-state index contributed by atoms with van der Waals surface area (Å²) in [4.78, 5) is 8.04. The number of ether oxygens (including phenoxy) is 1. The first-order valence-electron chi connectivity index (χ1n) is 7.16. The van der Waals surface area contributed by atoms with Crippen molar-refractivity contribution in [3.8, 4) is 11.8 Å². The summed E-state index contributed by atoms with van der Waals surface area (Å²) in [7, 11) is 0. The second kappa shape index (κ2) is 7.24. The van der Waals surface area contributed by atoms with Gasteiger partial charge >= 0.3 is 0 Å². The highest BCUT2D eigenvalue weighted by Crippen LogP contribution is 2.21. The number of anilines is 1. The predicted octanol–water partition coefficient (Wildman–Crippen LogP) is 3.27. The molecule has 120 valence electrons. The number of benzene rings is 1. The first kappa shape index (κ1) is 15.5. The summed E-state index contributed by atoms with van der Waals surface area (Å²) in [6.07, 6.45) is 3.38. The zero-order chi connectivity index (χ0) is 16.8. The monoisotopic (exact) mass is 324 g/mol. The summed E-state index contributed by atoms with van der Waals surface area (Å²) < 4.78 is 24.3. The van der Waals surface area contributed by atoms with E-state index in [1.165, 1.54) is 12.1 Å². The van der Waals surface area contributed by atoms with E-state index in [2.05, 4.69) is 15.3 Å². The molecule has 2 aromatic heterocycles. The van der Waals surface area contributed by atoms with Gasteiger partial charge in [0, 0.05) is 18.9 Å². The van der Waals surface area contributed by atoms with Gasteiger partial charge in [0.25, 0.3) is 0 Å². The Morgan fingerprint density at radius 2 is 2.12 bits per heavy atom. The Morgan fingerprint density at radius 3 is 2.88 bits per heavy atom. The number of nitrogens with one attached hydrogen (secondary N) is 1. The average Bonchev–Trinajstić information content (AvgIpc) is 3.02. The number of halogens is 1. The number of nitrogens with zero attached hydrogens (tertiary/aromatic N) is 3. The van der Waals surface area contributed by atoms with Crippen molar-refractivity contribution in [1.82, 2.24) is 9.97 Å². The van der Waals surface area contributed by atoms with Crippen LogP contribution < -0.4 is 10.1 Å². The number of nitriles is 1. The highest BCUT2D eigenvalue weighted by Gasteiger charge is 2.14. The molecule has 0 unspecified atom stereocenters. The Labute approximate surface area is 137 Å². The van der Waals surface area contributed by atoms with Crippen molar-refractivity contribution < 1.29 is 13.5 Å². The molecular formula is C17H13FN4O2. The topological polar surface area (TPSA) is 84.0 Å². The maximum Gasteiger partial charge on any atom is 0.236 e. The summed E-state index contributed by atoms with van der Waals surface area (Å²) in [5.41, 5.74) is 1.05. The third-order valence-corrected chi connectivity index (χ3v) is 3.14. The molecule has 0 aliphatic heterocycles. The lowest BCUT2D eigenvalue weighted by atomic mass is 10.3. The fraction of sp³-hybridized carbons (Fsp3) is 0.118. The molecule has 0 bridgehead atoms. The van der Waals surface area contributed by atoms with E-state index in [1.54, 1.807) is 24.5 Å². The van der Waals surface area contributed by atoms with Gasteiger partial charge in [0.1, 0.15) is 6.07 Å². The third-order valence-electron chi connectivity index (χ3n) is 3.14. The Hall–Kier alpha value is -3.40. The van der Waals surface area contributed by atoms with Gasteiger partial charge in [-0.3, -0.25) is 4.98 Å². The Balaban J connectivity index is 1.66. The van der Waals surface area contributed by atoms with Crippen molar-refractivity contribution in [1.29, 1.82) is 5.26 Å². The lowest BCUT2D eigenvalue weighted by molar-refractivity contribution is 0.253. The maximum absolute atomic E-state index is 13.5. The number of hydrogen-bond acceptors (Lipinski definition) is 6. The summed E-state index contributed by atoms with van der Waals surface area (Å²) in [5, 5.41) is 12.1. The van der Waals surface area contributed by atoms with Gasteiger partial charge in [-0.1, -0.05) is 18.2 Å². The molecule has 1 N–H and O–H groups in total. The molecule has 0 aliphatic rings. The highest BCUT2D eigenvalue weighted by atomic mass is 19.1. The van der Waals surface area contributed by atoms with Crippen LogP contribution in [0.1, 0.15) is 17.1 Å². The summed E-state index contributed by atoms with van der Waals surface area (Å²) >= 11 is 0. The molecule has 0 fully saturated rings. The van der Waals surface area contributed by atoms with Crippen molar-refractivity contribution >= 4 is 5.88 Å². The maximum atomic E-state index is 13.5. The van der Waals surface area contributed by atoms with Gasteiger partial charge in [-0.05, 0) is 23.8 Å². The Bertz CT molecular complexity index is 859. The van der Waals surface area contributed by atoms with Gasteiger partial charge in [-0.25, -0.2) is 4.39 Å². The minimum absolute atomic E-state index is 0.0792. The molecule has 0 spiro atoms. The molecule has 3 aromatic rings. The van der Waals surface area contributed by atoms with Crippen LogP contribution in [0.25, 0.3) is 0 Å². The van der Waals surface area contributed by atoms with E-state index in [1.807, 2.05) is 18.2 Å². The molecule has 0 saturated carbocycles. The van der Waals surface area contributed by atoms with Crippen LogP contribution >= 0.6 is 0 Å². The second-order valence-electron chi connectivity index (χ2n) is 4.83. The molecule has 2 heterocycles. The lowest BCUT2D eigenvalue weighted by Crippen LogP contribution is -2.00. The van der Waals surface area contributed by atoms with Gasteiger partial charge in [0.2, 0.25) is 17.5 Å². The number of pyridine rings is 1. The number of oxazole rings is 1. The SMILES string of the molecule is N#Cc1nc(COc2ccccc2F)oc1NCc1cccnc1. The van der Waals surface area contributed by atoms with E-state index in [4.69, 9.17) is 14.4 Å². The van der Waals surface area contributed by atoms with Crippen molar-refractivity contribution in [2.75, 3.05) is 5.32 Å². The van der Waals surface area contributed by atoms with Crippen molar-refractivity contribution in [2.24, 2.45) is 0 Å². The van der Waals surface area contributed by atoms with E-state index in [9.17, 15) is 4.39 Å². The third kappa shape index (κ3) is 3.67. The number of hydrogen-bond donors (Lipinski definition) is 1.